The molecular weight excluding hydrogens is 709 g/mol. The number of likely N-dealkylation sites (tertiary alicyclic amines) is 1. The van der Waals surface area contributed by atoms with Crippen molar-refractivity contribution in [2.45, 2.75) is 131 Å². The predicted molar refractivity (Wildman–Crippen MR) is 205 cm³/mol. The second-order valence-electron chi connectivity index (χ2n) is 15.2. The van der Waals surface area contributed by atoms with Crippen LogP contribution in [0.1, 0.15) is 106 Å². The summed E-state index contributed by atoms with van der Waals surface area (Å²) in [6, 6.07) is 6.23. The Kier molecular flexibility index (Phi) is 23.0. The number of ketones is 1. The molecular formula is C38H63F2N5O7S. The molecule has 3 rings (SSSR count). The number of aldehydes is 1. The topological polar surface area (TPSA) is 177 Å². The van der Waals surface area contributed by atoms with Crippen molar-refractivity contribution in [1.29, 1.82) is 0 Å². The fourth-order valence-electron chi connectivity index (χ4n) is 4.96. The number of urea groups is 1. The third-order valence-corrected chi connectivity index (χ3v) is 8.23. The van der Waals surface area contributed by atoms with E-state index in [9.17, 15) is 37.5 Å². The molecule has 5 atom stereocenters. The number of nitrogens with zero attached hydrogens (tertiary/aromatic N) is 1. The Morgan fingerprint density at radius 3 is 2.04 bits per heavy atom. The molecule has 1 heterocycles. The zero-order chi connectivity index (χ0) is 40.9. The number of benzene rings is 1. The lowest BCUT2D eigenvalue weighted by molar-refractivity contribution is -0.143. The summed E-state index contributed by atoms with van der Waals surface area (Å²) in [6.45, 7) is 18.7. The molecule has 1 aromatic rings. The van der Waals surface area contributed by atoms with Gasteiger partial charge in [0.15, 0.2) is 0 Å². The molecule has 4 amide bonds. The van der Waals surface area contributed by atoms with Gasteiger partial charge in [-0.2, -0.15) is 0 Å². The largest absolute Gasteiger partial charge is 0.460 e. The highest BCUT2D eigenvalue weighted by molar-refractivity contribution is 7.78. The van der Waals surface area contributed by atoms with Crippen LogP contribution in [0.2, 0.25) is 0 Å². The molecule has 0 radical (unpaired) electrons. The van der Waals surface area contributed by atoms with E-state index in [0.717, 1.165) is 17.8 Å². The summed E-state index contributed by atoms with van der Waals surface area (Å²) in [5.41, 5.74) is 4.99. The van der Waals surface area contributed by atoms with E-state index in [1.807, 2.05) is 58.0 Å². The van der Waals surface area contributed by atoms with Gasteiger partial charge in [0.05, 0.1) is 12.1 Å². The molecule has 2 fully saturated rings. The molecule has 0 bridgehead atoms. The highest BCUT2D eigenvalue weighted by Crippen LogP contribution is 2.51. The number of unbranched alkanes of at least 4 members (excludes halogenated alkanes) is 2. The lowest BCUT2D eigenvalue weighted by atomic mass is 9.85. The Morgan fingerprint density at radius 2 is 1.62 bits per heavy atom. The summed E-state index contributed by atoms with van der Waals surface area (Å²) in [5.74, 6) is -5.44. The fraction of sp³-hybridized carbons (Fsp3) is 0.684. The van der Waals surface area contributed by atoms with Crippen LogP contribution in [-0.4, -0.2) is 77.9 Å². The van der Waals surface area contributed by atoms with Gasteiger partial charge in [0.1, 0.15) is 25.5 Å². The van der Waals surface area contributed by atoms with Gasteiger partial charge in [-0.1, -0.05) is 125 Å². The van der Waals surface area contributed by atoms with E-state index in [4.69, 9.17) is 10.5 Å². The Bertz CT molecular complexity index is 1290. The lowest BCUT2D eigenvalue weighted by Crippen LogP contribution is -2.58. The predicted octanol–water partition coefficient (Wildman–Crippen LogP) is 5.63. The minimum atomic E-state index is -2.71. The molecule has 1 aliphatic carbocycles. The number of hydrogen-bond donors (Lipinski definition) is 5. The fourth-order valence-corrected chi connectivity index (χ4v) is 5.18. The summed E-state index contributed by atoms with van der Waals surface area (Å²) in [6.07, 6.45) is 5.12. The monoisotopic (exact) mass is 771 g/mol. The maximum Gasteiger partial charge on any atom is 0.325 e. The average molecular weight is 772 g/mol. The number of primary amides is 1. The SMILES string of the molecule is CC(C)C.CC1CC(C=O)N(C(=O)C(NC(=O)NCC(=O)OCc2ccccc2)C(C)(C)C)C1.CCCCC.NC(=O)C(=O)C(CC1CC1(F)F)NS. The maximum atomic E-state index is 13.1. The molecule has 1 aromatic carbocycles. The number of alkyl halides is 2. The van der Waals surface area contributed by atoms with Gasteiger partial charge in [-0.15, -0.1) is 0 Å². The number of esters is 1. The van der Waals surface area contributed by atoms with Gasteiger partial charge in [0.25, 0.3) is 11.8 Å². The van der Waals surface area contributed by atoms with Crippen molar-refractivity contribution in [1.82, 2.24) is 20.3 Å². The van der Waals surface area contributed by atoms with E-state index < -0.39 is 59.1 Å². The van der Waals surface area contributed by atoms with Crippen LogP contribution in [0.5, 0.6) is 0 Å². The van der Waals surface area contributed by atoms with Crippen LogP contribution >= 0.6 is 12.8 Å². The van der Waals surface area contributed by atoms with Gasteiger partial charge in [0.2, 0.25) is 11.7 Å². The van der Waals surface area contributed by atoms with Gasteiger partial charge in [0, 0.05) is 18.9 Å². The number of nitrogens with two attached hydrogens (primary N) is 1. The number of nitrogens with one attached hydrogen (secondary N) is 3. The third-order valence-electron chi connectivity index (χ3n) is 7.92. The smallest absolute Gasteiger partial charge is 0.325 e. The molecule has 12 nitrogen and oxygen atoms in total. The van der Waals surface area contributed by atoms with Crippen molar-refractivity contribution >= 4 is 48.7 Å². The molecule has 53 heavy (non-hydrogen) atoms. The molecule has 0 spiro atoms. The first kappa shape index (κ1) is 49.4. The van der Waals surface area contributed by atoms with Crippen molar-refractivity contribution in [2.24, 2.45) is 28.9 Å². The zero-order valence-corrected chi connectivity index (χ0v) is 33.8. The normalized spacial score (nSPS) is 19.3. The number of carbonyl (C=O) groups excluding carboxylic acids is 6. The minimum absolute atomic E-state index is 0.113. The number of ether oxygens (including phenoxy) is 1. The molecule has 1 saturated heterocycles. The van der Waals surface area contributed by atoms with Crippen LogP contribution < -0.4 is 21.1 Å². The number of hydrogen-bond acceptors (Lipinski definition) is 9. The van der Waals surface area contributed by atoms with E-state index >= 15 is 0 Å². The number of halogens is 2. The molecule has 15 heteroatoms. The summed E-state index contributed by atoms with van der Waals surface area (Å²) in [5, 5.41) is 5.09. The van der Waals surface area contributed by atoms with Crippen LogP contribution in [0.4, 0.5) is 13.6 Å². The van der Waals surface area contributed by atoms with Crippen LogP contribution in [0.15, 0.2) is 30.3 Å². The highest BCUT2D eigenvalue weighted by atomic mass is 32.1. The first-order chi connectivity index (χ1) is 24.6. The molecule has 0 aromatic heterocycles. The number of Topliss-reactive ketones (excluding diaryl/α,β-unsaturated/α-hetero) is 1. The summed E-state index contributed by atoms with van der Waals surface area (Å²) in [7, 11) is 0. The van der Waals surface area contributed by atoms with Gasteiger partial charge >= 0.3 is 12.0 Å². The van der Waals surface area contributed by atoms with Crippen LogP contribution in [-0.2, 0) is 35.3 Å². The van der Waals surface area contributed by atoms with Gasteiger partial charge in [-0.3, -0.25) is 23.9 Å². The van der Waals surface area contributed by atoms with Crippen molar-refractivity contribution in [3.8, 4) is 0 Å². The zero-order valence-electron chi connectivity index (χ0n) is 32.9. The average Bonchev–Trinajstić information content (AvgIpc) is 3.50. The molecule has 1 saturated carbocycles. The van der Waals surface area contributed by atoms with Gasteiger partial charge < -0.3 is 30.8 Å². The van der Waals surface area contributed by atoms with E-state index in [1.165, 1.54) is 24.2 Å². The number of thiol groups is 1. The van der Waals surface area contributed by atoms with E-state index in [2.05, 4.69) is 62.8 Å². The van der Waals surface area contributed by atoms with Crippen LogP contribution in [0.3, 0.4) is 0 Å². The van der Waals surface area contributed by atoms with Crippen molar-refractivity contribution in [3.63, 3.8) is 0 Å². The van der Waals surface area contributed by atoms with E-state index in [0.29, 0.717) is 13.0 Å². The quantitative estimate of drug-likeness (QED) is 0.0700. The Labute approximate surface area is 320 Å². The van der Waals surface area contributed by atoms with E-state index in [1.54, 1.807) is 0 Å². The standard InChI is InChI=1S/C22H31N3O5.C7H10F2N2O2S.C5H12.C4H10/c1-15-10-17(13-26)25(12-15)20(28)19(22(2,3)4)24-21(29)23-11-18(27)30-14-16-8-6-5-7-9-16;8-7(9)2-3(7)1-4(11-14)5(12)6(10)13;1-3-5-4-2;1-4(2)3/h5-9,13,15,17,19H,10-12,14H2,1-4H3,(H2,23,24,29);3-4,11,14H,1-2H2,(H2,10,13);3-5H2,1-2H3;4H,1-3H3. The molecule has 302 valence electrons. The number of carbonyl (C=O) groups is 6. The van der Waals surface area contributed by atoms with Crippen molar-refractivity contribution in [2.75, 3.05) is 13.1 Å². The Balaban J connectivity index is 0.000000963. The minimum Gasteiger partial charge on any atom is -0.460 e. The Morgan fingerprint density at radius 1 is 1.08 bits per heavy atom. The van der Waals surface area contributed by atoms with Crippen LogP contribution in [0.25, 0.3) is 0 Å². The summed E-state index contributed by atoms with van der Waals surface area (Å²) < 4.78 is 32.3. The van der Waals surface area contributed by atoms with Crippen LogP contribution in [0, 0.1) is 23.2 Å². The van der Waals surface area contributed by atoms with Crippen molar-refractivity contribution < 1.29 is 42.3 Å². The van der Waals surface area contributed by atoms with E-state index in [-0.39, 0.29) is 37.8 Å². The first-order valence-electron chi connectivity index (χ1n) is 18.3. The lowest BCUT2D eigenvalue weighted by Gasteiger charge is -2.34. The van der Waals surface area contributed by atoms with Gasteiger partial charge in [-0.25, -0.2) is 13.6 Å². The second-order valence-corrected chi connectivity index (χ2v) is 15.5. The third kappa shape index (κ3) is 20.4. The maximum absolute atomic E-state index is 13.1. The number of amides is 4. The summed E-state index contributed by atoms with van der Waals surface area (Å²) in [4.78, 5) is 71.7. The molecule has 5 N–H and O–H groups in total. The molecule has 2 aliphatic rings. The van der Waals surface area contributed by atoms with Gasteiger partial charge in [-0.05, 0) is 35.7 Å². The molecule has 5 unspecified atom stereocenters. The van der Waals surface area contributed by atoms with Crippen molar-refractivity contribution in [3.05, 3.63) is 35.9 Å². The highest BCUT2D eigenvalue weighted by Gasteiger charge is 2.57. The first-order valence-corrected chi connectivity index (χ1v) is 18.7. The summed E-state index contributed by atoms with van der Waals surface area (Å²) >= 11 is 3.59. The Hall–Kier alpha value is -3.59. The second kappa shape index (κ2) is 24.7. The molecule has 1 aliphatic heterocycles. The number of rotatable bonds is 14.